The summed E-state index contributed by atoms with van der Waals surface area (Å²) in [6, 6.07) is 52.5. The van der Waals surface area contributed by atoms with Crippen LogP contribution in [0.3, 0.4) is 0 Å². The van der Waals surface area contributed by atoms with Gasteiger partial charge in [0, 0.05) is 48.3 Å². The van der Waals surface area contributed by atoms with Gasteiger partial charge in [-0.05, 0) is 59.0 Å². The van der Waals surface area contributed by atoms with E-state index in [2.05, 4.69) is 155 Å². The zero-order valence-electron chi connectivity index (χ0n) is 26.1. The van der Waals surface area contributed by atoms with Gasteiger partial charge in [-0.3, -0.25) is 4.57 Å². The van der Waals surface area contributed by atoms with E-state index >= 15 is 0 Å². The average molecular weight is 641 g/mol. The van der Waals surface area contributed by atoms with Crippen LogP contribution < -0.4 is 0 Å². The summed E-state index contributed by atoms with van der Waals surface area (Å²) >= 11 is 1.77. The van der Waals surface area contributed by atoms with Gasteiger partial charge < -0.3 is 4.57 Å². The van der Waals surface area contributed by atoms with E-state index in [1.165, 1.54) is 64.9 Å². The van der Waals surface area contributed by atoms with Gasteiger partial charge in [-0.25, -0.2) is 9.97 Å². The SMILES string of the molecule is c1ccc(-c2nc(-n3c4cccc5c4c4c6c(ccc7c6c6c-5cccc6n7-c5ccccc5)ccc43)nc3c2sc2ccccc23)cc1. The first-order chi connectivity index (χ1) is 24.3. The molecule has 0 unspecified atom stereocenters. The van der Waals surface area contributed by atoms with Gasteiger partial charge >= 0.3 is 0 Å². The molecule has 0 saturated heterocycles. The zero-order chi connectivity index (χ0) is 31.8. The van der Waals surface area contributed by atoms with Crippen molar-refractivity contribution in [3.05, 3.63) is 146 Å². The van der Waals surface area contributed by atoms with Crippen molar-refractivity contribution in [3.8, 4) is 34.0 Å². The van der Waals surface area contributed by atoms with Crippen LogP contribution in [0.15, 0.2) is 146 Å². The molecule has 49 heavy (non-hydrogen) atoms. The maximum Gasteiger partial charge on any atom is 0.235 e. The second-order valence-corrected chi connectivity index (χ2v) is 14.0. The Morgan fingerprint density at radius 1 is 0.449 bits per heavy atom. The van der Waals surface area contributed by atoms with Crippen LogP contribution in [-0.2, 0) is 0 Å². The van der Waals surface area contributed by atoms with Crippen molar-refractivity contribution in [2.24, 2.45) is 0 Å². The lowest BCUT2D eigenvalue weighted by Crippen LogP contribution is -2.02. The Bertz CT molecular complexity index is 3200. The Morgan fingerprint density at radius 2 is 1.06 bits per heavy atom. The van der Waals surface area contributed by atoms with Crippen molar-refractivity contribution in [3.63, 3.8) is 0 Å². The van der Waals surface area contributed by atoms with Crippen LogP contribution in [0.25, 0.3) is 109 Å². The molecule has 5 heteroatoms. The normalized spacial score (nSPS) is 12.5. The quantitative estimate of drug-likeness (QED) is 0.193. The molecule has 0 fully saturated rings. The molecule has 0 aliphatic heterocycles. The molecule has 11 aromatic rings. The summed E-state index contributed by atoms with van der Waals surface area (Å²) in [4.78, 5) is 10.9. The highest BCUT2D eigenvalue weighted by Gasteiger charge is 2.28. The van der Waals surface area contributed by atoms with E-state index in [1.54, 1.807) is 11.3 Å². The highest BCUT2D eigenvalue weighted by Crippen LogP contribution is 2.51. The molecular weight excluding hydrogens is 617 g/mol. The van der Waals surface area contributed by atoms with E-state index < -0.39 is 0 Å². The van der Waals surface area contributed by atoms with Crippen LogP contribution in [0.4, 0.5) is 0 Å². The molecule has 1 aliphatic carbocycles. The number of fused-ring (bicyclic) bond motifs is 4. The zero-order valence-corrected chi connectivity index (χ0v) is 26.9. The van der Waals surface area contributed by atoms with Gasteiger partial charge in [0.05, 0.1) is 38.0 Å². The number of nitrogens with zero attached hydrogens (tertiary/aromatic N) is 4. The molecule has 0 amide bonds. The van der Waals surface area contributed by atoms with Crippen LogP contribution in [0.1, 0.15) is 0 Å². The minimum absolute atomic E-state index is 0.694. The number of para-hydroxylation sites is 1. The summed E-state index contributed by atoms with van der Waals surface area (Å²) in [7, 11) is 0. The van der Waals surface area contributed by atoms with E-state index in [0.29, 0.717) is 5.95 Å². The molecule has 12 rings (SSSR count). The Morgan fingerprint density at radius 3 is 1.80 bits per heavy atom. The maximum atomic E-state index is 5.44. The molecule has 4 nitrogen and oxygen atoms in total. The highest BCUT2D eigenvalue weighted by atomic mass is 32.1. The first kappa shape index (κ1) is 25.7. The first-order valence-corrected chi connectivity index (χ1v) is 17.4. The van der Waals surface area contributed by atoms with Crippen molar-refractivity contribution in [1.82, 2.24) is 19.1 Å². The van der Waals surface area contributed by atoms with Gasteiger partial charge in [-0.15, -0.1) is 11.3 Å². The number of thiophene rings is 1. The molecule has 0 saturated carbocycles. The van der Waals surface area contributed by atoms with Crippen LogP contribution in [0, 0.1) is 0 Å². The second kappa shape index (κ2) is 9.19. The van der Waals surface area contributed by atoms with E-state index in [-0.39, 0.29) is 0 Å². The Kier molecular flexibility index (Phi) is 4.83. The lowest BCUT2D eigenvalue weighted by Gasteiger charge is -2.11. The fourth-order valence-corrected chi connectivity index (χ4v) is 9.66. The van der Waals surface area contributed by atoms with Gasteiger partial charge in [0.15, 0.2) is 0 Å². The third kappa shape index (κ3) is 3.23. The molecule has 0 radical (unpaired) electrons. The Labute approximate surface area is 283 Å². The number of hydrogen-bond acceptors (Lipinski definition) is 3. The lowest BCUT2D eigenvalue weighted by atomic mass is 9.98. The minimum Gasteiger partial charge on any atom is -0.309 e. The van der Waals surface area contributed by atoms with Gasteiger partial charge in [-0.2, -0.15) is 0 Å². The lowest BCUT2D eigenvalue weighted by molar-refractivity contribution is 1.02. The topological polar surface area (TPSA) is 35.6 Å². The molecule has 4 heterocycles. The van der Waals surface area contributed by atoms with Gasteiger partial charge in [-0.1, -0.05) is 103 Å². The van der Waals surface area contributed by atoms with E-state index in [4.69, 9.17) is 9.97 Å². The van der Waals surface area contributed by atoms with Crippen molar-refractivity contribution < 1.29 is 0 Å². The smallest absolute Gasteiger partial charge is 0.235 e. The van der Waals surface area contributed by atoms with E-state index in [9.17, 15) is 0 Å². The highest BCUT2D eigenvalue weighted by molar-refractivity contribution is 7.26. The second-order valence-electron chi connectivity index (χ2n) is 12.9. The summed E-state index contributed by atoms with van der Waals surface area (Å²) in [6.07, 6.45) is 0. The standard InChI is InChI=1S/C44H24N4S/c1-3-11-26(12-4-1)41-43-42(30-15-7-8-20-35(30)49-43)46-44(45-41)48-32-19-10-17-29-28-16-9-18-31-37(28)39-33(47(31)27-13-5-2-6-14-27)23-21-25-22-24-34(48)40(36(25)39)38(29)32/h1-24H. The van der Waals surface area contributed by atoms with E-state index in [1.807, 2.05) is 0 Å². The molecule has 4 aromatic heterocycles. The van der Waals surface area contributed by atoms with Gasteiger partial charge in [0.1, 0.15) is 0 Å². The molecule has 0 bridgehead atoms. The number of hydrogen-bond donors (Lipinski definition) is 0. The Hall–Kier alpha value is -6.30. The molecule has 226 valence electrons. The van der Waals surface area contributed by atoms with Crippen molar-refractivity contribution in [2.75, 3.05) is 0 Å². The molecule has 1 aliphatic rings. The predicted octanol–water partition coefficient (Wildman–Crippen LogP) is 11.8. The predicted molar refractivity (Wildman–Crippen MR) is 206 cm³/mol. The largest absolute Gasteiger partial charge is 0.309 e. The molecule has 0 N–H and O–H groups in total. The fraction of sp³-hybridized carbons (Fsp3) is 0. The maximum absolute atomic E-state index is 5.44. The van der Waals surface area contributed by atoms with Crippen molar-refractivity contribution in [1.29, 1.82) is 0 Å². The molecule has 0 spiro atoms. The summed E-state index contributed by atoms with van der Waals surface area (Å²) in [6.45, 7) is 0. The van der Waals surface area contributed by atoms with Gasteiger partial charge in [0.2, 0.25) is 5.95 Å². The van der Waals surface area contributed by atoms with Gasteiger partial charge in [0.25, 0.3) is 0 Å². The number of rotatable bonds is 3. The van der Waals surface area contributed by atoms with Crippen LogP contribution in [-0.4, -0.2) is 19.1 Å². The summed E-state index contributed by atoms with van der Waals surface area (Å²) in [5.41, 5.74) is 11.4. The fourth-order valence-electron chi connectivity index (χ4n) is 8.50. The number of aromatic nitrogens is 4. The Balaban J connectivity index is 1.29. The third-order valence-corrected chi connectivity index (χ3v) is 11.6. The first-order valence-electron chi connectivity index (χ1n) is 16.6. The third-order valence-electron chi connectivity index (χ3n) is 10.5. The molecule has 7 aromatic carbocycles. The minimum atomic E-state index is 0.694. The molecular formula is C44H24N4S. The molecule has 0 atom stereocenters. The number of benzene rings is 7. The summed E-state index contributed by atoms with van der Waals surface area (Å²) < 4.78 is 7.07. The van der Waals surface area contributed by atoms with Crippen molar-refractivity contribution >= 4 is 86.0 Å². The summed E-state index contributed by atoms with van der Waals surface area (Å²) in [5, 5.41) is 8.82. The average Bonchev–Trinajstić information content (AvgIpc) is 3.80. The monoisotopic (exact) mass is 640 g/mol. The van der Waals surface area contributed by atoms with Crippen LogP contribution in [0.2, 0.25) is 0 Å². The summed E-state index contributed by atoms with van der Waals surface area (Å²) in [5.74, 6) is 0.694. The van der Waals surface area contributed by atoms with Crippen LogP contribution in [0.5, 0.6) is 0 Å². The van der Waals surface area contributed by atoms with E-state index in [0.717, 1.165) is 37.9 Å². The van der Waals surface area contributed by atoms with Crippen LogP contribution >= 0.6 is 11.3 Å². The van der Waals surface area contributed by atoms with Crippen molar-refractivity contribution in [2.45, 2.75) is 0 Å².